The predicted molar refractivity (Wildman–Crippen MR) is 100.0 cm³/mol. The molecule has 0 radical (unpaired) electrons. The molecule has 134 valence electrons. The summed E-state index contributed by atoms with van der Waals surface area (Å²) in [4.78, 5) is 23.3. The summed E-state index contributed by atoms with van der Waals surface area (Å²) in [7, 11) is 1.36. The second-order valence-corrected chi connectivity index (χ2v) is 8.84. The molecule has 0 fully saturated rings. The van der Waals surface area contributed by atoms with Crippen molar-refractivity contribution < 1.29 is 14.3 Å². The van der Waals surface area contributed by atoms with E-state index >= 15 is 0 Å². The maximum atomic E-state index is 11.9. The second-order valence-electron chi connectivity index (χ2n) is 6.64. The van der Waals surface area contributed by atoms with Crippen molar-refractivity contribution >= 4 is 40.1 Å². The third kappa shape index (κ3) is 6.47. The average molecular weight is 380 g/mol. The number of anilines is 1. The van der Waals surface area contributed by atoms with Crippen molar-refractivity contribution in [2.45, 2.75) is 37.3 Å². The van der Waals surface area contributed by atoms with Crippen LogP contribution < -0.4 is 5.32 Å². The fourth-order valence-corrected chi connectivity index (χ4v) is 3.69. The molecule has 2 rings (SSSR count). The van der Waals surface area contributed by atoms with Crippen LogP contribution in [0.1, 0.15) is 43.1 Å². The number of rotatable bonds is 6. The molecule has 1 N–H and O–H groups in total. The second kappa shape index (κ2) is 8.44. The number of amides is 1. The number of carbonyl (C=O) groups excluding carboxylic acids is 2. The van der Waals surface area contributed by atoms with Gasteiger partial charge in [0.2, 0.25) is 11.0 Å². The molecule has 2 aromatic rings. The van der Waals surface area contributed by atoms with Gasteiger partial charge in [0.15, 0.2) is 4.34 Å². The molecule has 0 saturated heterocycles. The van der Waals surface area contributed by atoms with E-state index in [2.05, 4.69) is 20.3 Å². The van der Waals surface area contributed by atoms with E-state index < -0.39 is 0 Å². The number of benzene rings is 1. The maximum Gasteiger partial charge on any atom is 0.337 e. The summed E-state index contributed by atoms with van der Waals surface area (Å²) in [6, 6.07) is 7.23. The first kappa shape index (κ1) is 19.4. The van der Waals surface area contributed by atoms with Gasteiger partial charge in [0, 0.05) is 12.2 Å². The van der Waals surface area contributed by atoms with E-state index in [-0.39, 0.29) is 17.3 Å². The largest absolute Gasteiger partial charge is 0.465 e. The smallest absolute Gasteiger partial charge is 0.337 e. The predicted octanol–water partition coefficient (Wildman–Crippen LogP) is 3.99. The molecule has 0 atom stereocenters. The molecule has 0 aliphatic rings. The number of esters is 1. The Bertz CT molecular complexity index is 736. The highest BCUT2D eigenvalue weighted by atomic mass is 32.2. The lowest BCUT2D eigenvalue weighted by molar-refractivity contribution is -0.117. The Hall–Kier alpha value is -1.93. The van der Waals surface area contributed by atoms with Crippen molar-refractivity contribution in [2.24, 2.45) is 5.41 Å². The molecule has 0 aliphatic carbocycles. The molecule has 6 nitrogen and oxygen atoms in total. The van der Waals surface area contributed by atoms with Gasteiger partial charge < -0.3 is 10.1 Å². The topological polar surface area (TPSA) is 81.2 Å². The van der Waals surface area contributed by atoms with E-state index in [1.807, 2.05) is 32.9 Å². The van der Waals surface area contributed by atoms with Crippen molar-refractivity contribution in [3.05, 3.63) is 35.4 Å². The Morgan fingerprint density at radius 3 is 2.48 bits per heavy atom. The van der Waals surface area contributed by atoms with E-state index in [1.165, 1.54) is 30.2 Å². The van der Waals surface area contributed by atoms with Crippen molar-refractivity contribution in [3.63, 3.8) is 0 Å². The lowest BCUT2D eigenvalue weighted by atomic mass is 9.92. The Morgan fingerprint density at radius 1 is 1.20 bits per heavy atom. The van der Waals surface area contributed by atoms with Crippen molar-refractivity contribution in [2.75, 3.05) is 12.4 Å². The first-order valence-electron chi connectivity index (χ1n) is 7.70. The van der Waals surface area contributed by atoms with Gasteiger partial charge in [-0.25, -0.2) is 4.79 Å². The highest BCUT2D eigenvalue weighted by molar-refractivity contribution is 8.00. The number of hydrogen-bond acceptors (Lipinski definition) is 7. The summed E-state index contributed by atoms with van der Waals surface area (Å²) in [6.45, 7) is 6.04. The standard InChI is InChI=1S/C17H21N3O3S2/c1-17(2,3)9-13(21)18-15-19-20-16(25-15)24-10-11-5-7-12(8-6-11)14(22)23-4/h5-8H,9-10H2,1-4H3,(H,18,19,21). The number of hydrogen-bond donors (Lipinski definition) is 1. The number of ether oxygens (including phenoxy) is 1. The normalized spacial score (nSPS) is 11.2. The zero-order valence-electron chi connectivity index (χ0n) is 14.7. The highest BCUT2D eigenvalue weighted by Gasteiger charge is 2.17. The van der Waals surface area contributed by atoms with Crippen LogP contribution in [0.3, 0.4) is 0 Å². The van der Waals surface area contributed by atoms with Crippen LogP contribution in [-0.2, 0) is 15.3 Å². The minimum Gasteiger partial charge on any atom is -0.465 e. The van der Waals surface area contributed by atoms with E-state index in [0.717, 1.165) is 9.90 Å². The first-order valence-corrected chi connectivity index (χ1v) is 9.50. The lowest BCUT2D eigenvalue weighted by Crippen LogP contribution is -2.19. The molecule has 0 aliphatic heterocycles. The van der Waals surface area contributed by atoms with Gasteiger partial charge in [-0.3, -0.25) is 4.79 Å². The molecule has 0 saturated carbocycles. The molecule has 1 aromatic heterocycles. The van der Waals surface area contributed by atoms with Gasteiger partial charge in [0.25, 0.3) is 0 Å². The van der Waals surface area contributed by atoms with Gasteiger partial charge in [0.1, 0.15) is 0 Å². The molecule has 25 heavy (non-hydrogen) atoms. The Morgan fingerprint density at radius 2 is 1.88 bits per heavy atom. The number of nitrogens with one attached hydrogen (secondary N) is 1. The quantitative estimate of drug-likeness (QED) is 0.464. The van der Waals surface area contributed by atoms with E-state index in [1.54, 1.807) is 12.1 Å². The summed E-state index contributed by atoms with van der Waals surface area (Å²) < 4.78 is 5.46. The lowest BCUT2D eigenvalue weighted by Gasteiger charge is -2.16. The van der Waals surface area contributed by atoms with Crippen molar-refractivity contribution in [1.82, 2.24) is 10.2 Å². The van der Waals surface area contributed by atoms with Gasteiger partial charge in [0.05, 0.1) is 12.7 Å². The van der Waals surface area contributed by atoms with Crippen molar-refractivity contribution in [3.8, 4) is 0 Å². The number of thioether (sulfide) groups is 1. The van der Waals surface area contributed by atoms with Crippen LogP contribution in [0.2, 0.25) is 0 Å². The fourth-order valence-electron chi connectivity index (χ4n) is 1.96. The van der Waals surface area contributed by atoms with Gasteiger partial charge in [-0.15, -0.1) is 10.2 Å². The molecule has 0 unspecified atom stereocenters. The number of methoxy groups -OCH3 is 1. The minimum absolute atomic E-state index is 0.0569. The summed E-state index contributed by atoms with van der Waals surface area (Å²) >= 11 is 2.88. The Kier molecular flexibility index (Phi) is 6.55. The highest BCUT2D eigenvalue weighted by Crippen LogP contribution is 2.29. The first-order chi connectivity index (χ1) is 11.8. The van der Waals surface area contributed by atoms with E-state index in [0.29, 0.717) is 22.9 Å². The van der Waals surface area contributed by atoms with Crippen molar-refractivity contribution in [1.29, 1.82) is 0 Å². The molecule has 1 aromatic carbocycles. The third-order valence-corrected chi connectivity index (χ3v) is 5.12. The van der Waals surface area contributed by atoms with Crippen LogP contribution in [0.25, 0.3) is 0 Å². The van der Waals surface area contributed by atoms with Crippen LogP contribution in [-0.4, -0.2) is 29.2 Å². The zero-order chi connectivity index (χ0) is 18.4. The van der Waals surface area contributed by atoms with Gasteiger partial charge >= 0.3 is 5.97 Å². The Balaban J connectivity index is 1.87. The summed E-state index contributed by atoms with van der Waals surface area (Å²) in [5.41, 5.74) is 1.52. The number of aromatic nitrogens is 2. The summed E-state index contributed by atoms with van der Waals surface area (Å²) in [5.74, 6) is 0.295. The Labute approximate surface area is 155 Å². The number of carbonyl (C=O) groups is 2. The van der Waals surface area contributed by atoms with Gasteiger partial charge in [-0.05, 0) is 23.1 Å². The van der Waals surface area contributed by atoms with E-state index in [4.69, 9.17) is 0 Å². The molecule has 0 bridgehead atoms. The molecular formula is C17H21N3O3S2. The van der Waals surface area contributed by atoms with Gasteiger partial charge in [-0.1, -0.05) is 56.0 Å². The summed E-state index contributed by atoms with van der Waals surface area (Å²) in [6.07, 6.45) is 0.432. The van der Waals surface area contributed by atoms with Crippen LogP contribution >= 0.6 is 23.1 Å². The fraction of sp³-hybridized carbons (Fsp3) is 0.412. The minimum atomic E-state index is -0.348. The summed E-state index contributed by atoms with van der Waals surface area (Å²) in [5, 5.41) is 11.4. The van der Waals surface area contributed by atoms with Crippen LogP contribution in [0.5, 0.6) is 0 Å². The number of nitrogens with zero attached hydrogens (tertiary/aromatic N) is 2. The molecular weight excluding hydrogens is 358 g/mol. The monoisotopic (exact) mass is 379 g/mol. The maximum absolute atomic E-state index is 11.9. The molecule has 1 amide bonds. The van der Waals surface area contributed by atoms with Gasteiger partial charge in [-0.2, -0.15) is 0 Å². The van der Waals surface area contributed by atoms with Crippen LogP contribution in [0.4, 0.5) is 5.13 Å². The van der Waals surface area contributed by atoms with Crippen LogP contribution in [0, 0.1) is 5.41 Å². The molecule has 8 heteroatoms. The molecule has 1 heterocycles. The molecule has 0 spiro atoms. The zero-order valence-corrected chi connectivity index (χ0v) is 16.3. The van der Waals surface area contributed by atoms with E-state index in [9.17, 15) is 9.59 Å². The SMILES string of the molecule is COC(=O)c1ccc(CSc2nnc(NC(=O)CC(C)(C)C)s2)cc1. The van der Waals surface area contributed by atoms with Crippen LogP contribution in [0.15, 0.2) is 28.6 Å². The third-order valence-electron chi connectivity index (χ3n) is 3.08. The average Bonchev–Trinajstić information content (AvgIpc) is 2.98.